The van der Waals surface area contributed by atoms with Crippen molar-refractivity contribution in [3.05, 3.63) is 179 Å². The van der Waals surface area contributed by atoms with Crippen molar-refractivity contribution in [2.75, 3.05) is 138 Å². The number of nitrogens with zero attached hydrogens (tertiary/aromatic N) is 3. The number of morpholine rings is 1. The summed E-state index contributed by atoms with van der Waals surface area (Å²) in [5.41, 5.74) is 6.75. The fraction of sp³-hybridized carbons (Fsp3) is 0.462. The van der Waals surface area contributed by atoms with Gasteiger partial charge in [0.05, 0.1) is 73.1 Å². The number of piperazine rings is 1. The summed E-state index contributed by atoms with van der Waals surface area (Å²) in [4.78, 5) is 75.7. The summed E-state index contributed by atoms with van der Waals surface area (Å²) < 4.78 is 56.6. The number of carbonyl (C=O) groups is 6. The Morgan fingerprint density at radius 3 is 1.07 bits per heavy atom. The number of aryl methyl sites for hydroxylation is 6. The van der Waals surface area contributed by atoms with Crippen LogP contribution in [0.4, 0.5) is 0 Å². The van der Waals surface area contributed by atoms with E-state index in [2.05, 4.69) is 38.2 Å². The number of nitrogens with one attached hydrogen (secondary N) is 1. The van der Waals surface area contributed by atoms with Crippen LogP contribution in [0, 0.1) is 0 Å². The Bertz CT molecular complexity index is 3150. The molecule has 3 atom stereocenters. The molecule has 3 fully saturated rings. The summed E-state index contributed by atoms with van der Waals surface area (Å²) in [5.74, 6) is 2.28. The number of ether oxygens (including phenoxy) is 10. The first kappa shape index (κ1) is 80.4. The van der Waals surface area contributed by atoms with Crippen LogP contribution in [-0.2, 0) is 86.2 Å². The predicted molar refractivity (Wildman–Crippen MR) is 388 cm³/mol. The highest BCUT2D eigenvalue weighted by Crippen LogP contribution is 2.26. The molecule has 0 aromatic heterocycles. The molecule has 3 heterocycles. The maximum absolute atomic E-state index is 12.2. The maximum atomic E-state index is 12.2. The van der Waals surface area contributed by atoms with Crippen molar-refractivity contribution in [1.82, 2.24) is 20.0 Å². The van der Waals surface area contributed by atoms with Crippen molar-refractivity contribution in [2.45, 2.75) is 95.4 Å². The molecule has 6 aromatic rings. The molecule has 0 amide bonds. The van der Waals surface area contributed by atoms with Crippen molar-refractivity contribution >= 4 is 47.6 Å². The molecule has 0 saturated carbocycles. The molecule has 23 nitrogen and oxygen atoms in total. The monoisotopic (exact) mass is 1430 g/mol. The number of carboxylic acids is 3. The van der Waals surface area contributed by atoms with Gasteiger partial charge in [-0.1, -0.05) is 91.0 Å². The zero-order valence-electron chi connectivity index (χ0n) is 58.9. The molecule has 0 bridgehead atoms. The van der Waals surface area contributed by atoms with Crippen LogP contribution < -0.4 is 33.7 Å². The van der Waals surface area contributed by atoms with E-state index >= 15 is 0 Å². The quantitative estimate of drug-likeness (QED) is 0.0207. The molecule has 3 aliphatic rings. The number of para-hydroxylation sites is 3. The second-order valence-electron chi connectivity index (χ2n) is 24.7. The molecule has 6 aromatic carbocycles. The van der Waals surface area contributed by atoms with Gasteiger partial charge in [-0.3, -0.25) is 43.5 Å². The average molecular weight is 1430 g/mol. The van der Waals surface area contributed by atoms with E-state index in [1.54, 1.807) is 21.3 Å². The van der Waals surface area contributed by atoms with Crippen LogP contribution in [0.3, 0.4) is 0 Å². The lowest BCUT2D eigenvalue weighted by Gasteiger charge is -2.30. The van der Waals surface area contributed by atoms with Crippen LogP contribution in [0.5, 0.6) is 34.5 Å². The van der Waals surface area contributed by atoms with E-state index in [0.29, 0.717) is 32.8 Å². The van der Waals surface area contributed by atoms with Crippen LogP contribution >= 0.6 is 11.8 Å². The van der Waals surface area contributed by atoms with Crippen molar-refractivity contribution < 1.29 is 91.5 Å². The van der Waals surface area contributed by atoms with Gasteiger partial charge in [-0.25, -0.2) is 0 Å². The minimum Gasteiger partial charge on any atom is -0.497 e. The molecule has 0 aliphatic carbocycles. The minimum atomic E-state index is -1.03. The van der Waals surface area contributed by atoms with Crippen molar-refractivity contribution in [3.63, 3.8) is 0 Å². The molecule has 24 heteroatoms. The molecule has 3 aliphatic heterocycles. The number of aliphatic carboxylic acids is 3. The average Bonchev–Trinajstić information content (AvgIpc) is 0.881. The van der Waals surface area contributed by atoms with E-state index in [4.69, 9.17) is 62.7 Å². The van der Waals surface area contributed by atoms with Crippen LogP contribution in [0.1, 0.15) is 71.9 Å². The molecule has 9 rings (SSSR count). The van der Waals surface area contributed by atoms with Crippen molar-refractivity contribution in [1.29, 1.82) is 0 Å². The normalized spacial score (nSPS) is 14.9. The molecular weight excluding hydrogens is 1330 g/mol. The van der Waals surface area contributed by atoms with Crippen LogP contribution in [0.15, 0.2) is 146 Å². The first-order valence-electron chi connectivity index (χ1n) is 34.9. The lowest BCUT2D eigenvalue weighted by atomic mass is 10.0. The maximum Gasteiger partial charge on any atom is 0.306 e. The molecule has 102 heavy (non-hydrogen) atoms. The van der Waals surface area contributed by atoms with Gasteiger partial charge < -0.3 is 68.0 Å². The Morgan fingerprint density at radius 2 is 0.735 bits per heavy atom. The lowest BCUT2D eigenvalue weighted by molar-refractivity contribution is -0.154. The first-order chi connectivity index (χ1) is 49.6. The summed E-state index contributed by atoms with van der Waals surface area (Å²) in [6.45, 7) is 10.4. The van der Waals surface area contributed by atoms with Gasteiger partial charge in [0.15, 0.2) is 0 Å². The van der Waals surface area contributed by atoms with Gasteiger partial charge in [0.1, 0.15) is 72.6 Å². The number of rotatable bonds is 39. The zero-order chi connectivity index (χ0) is 72.5. The Labute approximate surface area is 602 Å². The van der Waals surface area contributed by atoms with Gasteiger partial charge in [0, 0.05) is 83.5 Å². The van der Waals surface area contributed by atoms with Crippen molar-refractivity contribution in [2.24, 2.45) is 0 Å². The Hall–Kier alpha value is -8.91. The topological polar surface area (TPSA) is 277 Å². The van der Waals surface area contributed by atoms with E-state index in [1.165, 1.54) is 16.7 Å². The third-order valence-corrected chi connectivity index (χ3v) is 17.9. The van der Waals surface area contributed by atoms with Gasteiger partial charge in [-0.05, 0) is 127 Å². The minimum absolute atomic E-state index is 0.140. The highest BCUT2D eigenvalue weighted by Gasteiger charge is 2.26. The van der Waals surface area contributed by atoms with E-state index < -0.39 is 54.1 Å². The number of thioether (sulfide) groups is 1. The van der Waals surface area contributed by atoms with Crippen LogP contribution in [0.25, 0.3) is 0 Å². The predicted octanol–water partition coefficient (Wildman–Crippen LogP) is 9.19. The second kappa shape index (κ2) is 45.9. The van der Waals surface area contributed by atoms with Crippen LogP contribution in [-0.4, -0.2) is 222 Å². The van der Waals surface area contributed by atoms with Gasteiger partial charge in [0.2, 0.25) is 0 Å². The molecule has 0 radical (unpaired) electrons. The number of carbonyl (C=O) groups excluding carboxylic acids is 3. The Balaban J connectivity index is 0.000000214. The molecular formula is C78H100N4O19S. The number of esters is 3. The van der Waals surface area contributed by atoms with Gasteiger partial charge in [-0.15, -0.1) is 0 Å². The largest absolute Gasteiger partial charge is 0.497 e. The smallest absolute Gasteiger partial charge is 0.306 e. The first-order valence-corrected chi connectivity index (χ1v) is 36.0. The fourth-order valence-electron chi connectivity index (χ4n) is 11.5. The molecule has 3 saturated heterocycles. The van der Waals surface area contributed by atoms with E-state index in [0.717, 1.165) is 154 Å². The van der Waals surface area contributed by atoms with Crippen LogP contribution in [0.2, 0.25) is 0 Å². The SMILES string of the molecule is COc1cccc(CCc2ccccc2OCC(CN2CCNCC2)OC(=O)CCC(=O)O)c1.COc1cccc(CCc2ccccc2OCC(CN2CCOCC2)OC(=O)CCC(=O)O)c1.COc1cccc(CCc2ccccc2OCC(CN2CCSCC2)OC(=O)CCC(=O)O)c1. The summed E-state index contributed by atoms with van der Waals surface area (Å²) in [6, 6.07) is 47.7. The number of hydrogen-bond donors (Lipinski definition) is 4. The van der Waals surface area contributed by atoms with E-state index in [9.17, 15) is 28.8 Å². The summed E-state index contributed by atoms with van der Waals surface area (Å²) in [6.07, 6.45) is 2.27. The third-order valence-electron chi connectivity index (χ3n) is 17.0. The van der Waals surface area contributed by atoms with Gasteiger partial charge in [0.25, 0.3) is 0 Å². The van der Waals surface area contributed by atoms with Gasteiger partial charge in [-0.2, -0.15) is 11.8 Å². The number of hydrogen-bond acceptors (Lipinski definition) is 21. The molecule has 0 spiro atoms. The molecule has 552 valence electrons. The third kappa shape index (κ3) is 31.5. The number of carboxylic acid groups (broad SMARTS) is 3. The van der Waals surface area contributed by atoms with Crippen molar-refractivity contribution in [3.8, 4) is 34.5 Å². The van der Waals surface area contributed by atoms with E-state index in [1.807, 2.05) is 139 Å². The highest BCUT2D eigenvalue weighted by molar-refractivity contribution is 7.99. The fourth-order valence-corrected chi connectivity index (χ4v) is 12.5. The Morgan fingerprint density at radius 1 is 0.412 bits per heavy atom. The lowest BCUT2D eigenvalue weighted by Crippen LogP contribution is -2.48. The number of benzene rings is 6. The Kier molecular flexibility index (Phi) is 36.1. The summed E-state index contributed by atoms with van der Waals surface area (Å²) >= 11 is 1.92. The molecule has 3 unspecified atom stereocenters. The zero-order valence-corrected chi connectivity index (χ0v) is 59.7. The summed E-state index contributed by atoms with van der Waals surface area (Å²) in [7, 11) is 4.98. The second-order valence-corrected chi connectivity index (χ2v) is 25.9. The molecule has 4 N–H and O–H groups in total. The standard InChI is InChI=1S/C26H34N2O6.C26H33NO7.C26H33NO6S/c1-32-22-7-4-5-20(17-22)9-10-21-6-2-3-8-24(21)33-19-23(18-28-15-13-27-14-16-28)34-26(31)12-11-25(29)30;1-31-22-7-4-5-20(17-22)9-10-21-6-2-3-8-24(21)33-19-23(18-27-13-15-32-16-14-27)34-26(30)12-11-25(28)29;1-31-22-7-4-5-20(17-22)9-10-21-6-2-3-8-24(21)32-19-23(18-27-13-15-34-16-14-27)33-26(30)12-11-25(28)29/h2-8,17,23,27H,9-16,18-19H2,1H3,(H,29,30);2*2-8,17,23H,9-16,18-19H2,1H3,(H,28,29). The van der Waals surface area contributed by atoms with Gasteiger partial charge >= 0.3 is 35.8 Å². The van der Waals surface area contributed by atoms with E-state index in [-0.39, 0.29) is 58.3 Å². The number of methoxy groups -OCH3 is 3. The summed E-state index contributed by atoms with van der Waals surface area (Å²) in [5, 5.41) is 29.8. The highest BCUT2D eigenvalue weighted by atomic mass is 32.2.